The van der Waals surface area contributed by atoms with Gasteiger partial charge in [-0.05, 0) is 36.6 Å². The first kappa shape index (κ1) is 20.3. The van der Waals surface area contributed by atoms with Gasteiger partial charge in [0.05, 0.1) is 11.9 Å². The van der Waals surface area contributed by atoms with Crippen molar-refractivity contribution in [1.29, 1.82) is 0 Å². The van der Waals surface area contributed by atoms with Gasteiger partial charge in [0.25, 0.3) is 0 Å². The van der Waals surface area contributed by atoms with E-state index in [9.17, 15) is 13.2 Å². The lowest BCUT2D eigenvalue weighted by molar-refractivity contribution is -0.122. The van der Waals surface area contributed by atoms with Crippen LogP contribution in [0.25, 0.3) is 0 Å². The molecule has 2 aromatic carbocycles. The lowest BCUT2D eigenvalue weighted by Crippen LogP contribution is -2.49. The van der Waals surface area contributed by atoms with Crippen molar-refractivity contribution < 1.29 is 13.2 Å². The topological polar surface area (TPSA) is 66.5 Å². The Morgan fingerprint density at radius 3 is 2.42 bits per heavy atom. The van der Waals surface area contributed by atoms with E-state index in [1.165, 1.54) is 0 Å². The van der Waals surface area contributed by atoms with Gasteiger partial charge in [0, 0.05) is 11.6 Å². The van der Waals surface area contributed by atoms with Crippen molar-refractivity contribution in [2.75, 3.05) is 17.1 Å². The van der Waals surface area contributed by atoms with E-state index in [4.69, 9.17) is 11.6 Å². The third-order valence-electron chi connectivity index (χ3n) is 3.95. The Morgan fingerprint density at radius 1 is 1.15 bits per heavy atom. The van der Waals surface area contributed by atoms with Crippen molar-refractivity contribution in [3.8, 4) is 0 Å². The average Bonchev–Trinajstić information content (AvgIpc) is 2.59. The summed E-state index contributed by atoms with van der Waals surface area (Å²) >= 11 is 6.00. The van der Waals surface area contributed by atoms with Crippen molar-refractivity contribution in [1.82, 2.24) is 5.32 Å². The largest absolute Gasteiger partial charge is 0.354 e. The molecule has 5 nitrogen and oxygen atoms in total. The van der Waals surface area contributed by atoms with E-state index in [-0.39, 0.29) is 5.91 Å². The number of hydrogen-bond acceptors (Lipinski definition) is 3. The maximum Gasteiger partial charge on any atom is 0.243 e. The molecular weight excluding hydrogens is 372 g/mol. The van der Waals surface area contributed by atoms with Crippen molar-refractivity contribution in [2.45, 2.75) is 25.8 Å². The minimum atomic E-state index is -3.65. The summed E-state index contributed by atoms with van der Waals surface area (Å²) in [5, 5.41) is 3.25. The number of sulfonamides is 1. The minimum absolute atomic E-state index is 0.325. The zero-order valence-electron chi connectivity index (χ0n) is 14.9. The summed E-state index contributed by atoms with van der Waals surface area (Å²) in [6, 6.07) is 15.4. The number of anilines is 1. The Morgan fingerprint density at radius 2 is 1.85 bits per heavy atom. The van der Waals surface area contributed by atoms with E-state index in [2.05, 4.69) is 5.32 Å². The number of amides is 1. The molecule has 0 aliphatic carbocycles. The quantitative estimate of drug-likeness (QED) is 0.747. The van der Waals surface area contributed by atoms with Gasteiger partial charge in [-0.1, -0.05) is 54.9 Å². The van der Waals surface area contributed by atoms with Crippen molar-refractivity contribution in [2.24, 2.45) is 0 Å². The Labute approximate surface area is 160 Å². The maximum atomic E-state index is 12.7. The number of nitrogens with zero attached hydrogens (tertiary/aromatic N) is 1. The molecule has 1 unspecified atom stereocenters. The van der Waals surface area contributed by atoms with Gasteiger partial charge in [-0.25, -0.2) is 8.42 Å². The Bertz CT molecular complexity index is 841. The molecule has 0 spiro atoms. The van der Waals surface area contributed by atoms with Crippen LogP contribution >= 0.6 is 11.6 Å². The monoisotopic (exact) mass is 394 g/mol. The molecule has 2 rings (SSSR count). The summed E-state index contributed by atoms with van der Waals surface area (Å²) in [5.41, 5.74) is 1.49. The van der Waals surface area contributed by atoms with Crippen LogP contribution in [0.5, 0.6) is 0 Å². The van der Waals surface area contributed by atoms with Crippen LogP contribution in [-0.2, 0) is 21.2 Å². The highest BCUT2D eigenvalue weighted by Crippen LogP contribution is 2.25. The number of benzene rings is 2. The van der Waals surface area contributed by atoms with Crippen LogP contribution in [0.2, 0.25) is 5.02 Å². The zero-order chi connectivity index (χ0) is 19.2. The molecule has 0 aliphatic heterocycles. The maximum absolute atomic E-state index is 12.7. The lowest BCUT2D eigenvalue weighted by atomic mass is 10.1. The van der Waals surface area contributed by atoms with Crippen molar-refractivity contribution >= 4 is 33.2 Å². The van der Waals surface area contributed by atoms with E-state index < -0.39 is 16.1 Å². The normalized spacial score (nSPS) is 12.4. The number of nitrogens with one attached hydrogen (secondary N) is 1. The highest BCUT2D eigenvalue weighted by molar-refractivity contribution is 7.92. The van der Waals surface area contributed by atoms with E-state index in [0.717, 1.165) is 16.1 Å². The first-order chi connectivity index (χ1) is 12.3. The lowest BCUT2D eigenvalue weighted by Gasteiger charge is -2.30. The van der Waals surface area contributed by atoms with Gasteiger partial charge in [0.1, 0.15) is 6.04 Å². The molecule has 0 aliphatic rings. The summed E-state index contributed by atoms with van der Waals surface area (Å²) in [6.07, 6.45) is 2.11. The Balaban J connectivity index is 2.15. The third-order valence-corrected chi connectivity index (χ3v) is 5.36. The molecule has 0 fully saturated rings. The molecule has 1 amide bonds. The molecule has 0 bridgehead atoms. The predicted molar refractivity (Wildman–Crippen MR) is 106 cm³/mol. The highest BCUT2D eigenvalue weighted by atomic mass is 35.5. The van der Waals surface area contributed by atoms with Gasteiger partial charge in [0.15, 0.2) is 0 Å². The van der Waals surface area contributed by atoms with Crippen LogP contribution in [0.15, 0.2) is 54.6 Å². The number of hydrogen-bond donors (Lipinski definition) is 1. The van der Waals surface area contributed by atoms with Crippen LogP contribution < -0.4 is 9.62 Å². The molecule has 7 heteroatoms. The molecule has 0 saturated carbocycles. The van der Waals surface area contributed by atoms with Crippen LogP contribution in [0.1, 0.15) is 18.9 Å². The zero-order valence-corrected chi connectivity index (χ0v) is 16.4. The minimum Gasteiger partial charge on any atom is -0.354 e. The van der Waals surface area contributed by atoms with E-state index in [0.29, 0.717) is 30.1 Å². The first-order valence-electron chi connectivity index (χ1n) is 8.39. The molecule has 2 aromatic rings. The number of halogens is 1. The summed E-state index contributed by atoms with van der Waals surface area (Å²) in [4.78, 5) is 12.7. The molecular formula is C19H23ClN2O3S. The standard InChI is InChI=1S/C19H23ClN2O3S/c1-3-18(19(23)21-13-12-15-8-5-4-6-9-15)22(26(2,24)25)17-11-7-10-16(20)14-17/h4-11,14,18H,3,12-13H2,1-2H3,(H,21,23). The molecule has 1 atom stereocenters. The summed E-state index contributed by atoms with van der Waals surface area (Å²) < 4.78 is 25.8. The molecule has 0 aromatic heterocycles. The van der Waals surface area contributed by atoms with E-state index >= 15 is 0 Å². The van der Waals surface area contributed by atoms with Crippen molar-refractivity contribution in [3.05, 3.63) is 65.2 Å². The second-order valence-electron chi connectivity index (χ2n) is 5.99. The fourth-order valence-electron chi connectivity index (χ4n) is 2.77. The summed E-state index contributed by atoms with van der Waals surface area (Å²) in [6.45, 7) is 2.22. The van der Waals surface area contributed by atoms with Crippen molar-refractivity contribution in [3.63, 3.8) is 0 Å². The van der Waals surface area contributed by atoms with Gasteiger partial charge in [-0.3, -0.25) is 9.10 Å². The smallest absolute Gasteiger partial charge is 0.243 e. The Kier molecular flexibility index (Phi) is 7.06. The fourth-order valence-corrected chi connectivity index (χ4v) is 4.15. The first-order valence-corrected chi connectivity index (χ1v) is 10.6. The van der Waals surface area contributed by atoms with E-state index in [1.807, 2.05) is 30.3 Å². The summed E-state index contributed by atoms with van der Waals surface area (Å²) in [5.74, 6) is -0.325. The fraction of sp³-hybridized carbons (Fsp3) is 0.316. The molecule has 140 valence electrons. The van der Waals surface area contributed by atoms with Crippen LogP contribution in [0, 0.1) is 0 Å². The molecule has 26 heavy (non-hydrogen) atoms. The van der Waals surface area contributed by atoms with Crippen LogP contribution in [0.4, 0.5) is 5.69 Å². The van der Waals surface area contributed by atoms with Gasteiger partial charge >= 0.3 is 0 Å². The number of carbonyl (C=O) groups is 1. The SMILES string of the molecule is CCC(C(=O)NCCc1ccccc1)N(c1cccc(Cl)c1)S(C)(=O)=O. The van der Waals surface area contributed by atoms with E-state index in [1.54, 1.807) is 31.2 Å². The molecule has 0 radical (unpaired) electrons. The van der Waals surface area contributed by atoms with Gasteiger partial charge in [-0.15, -0.1) is 0 Å². The number of carbonyl (C=O) groups excluding carboxylic acids is 1. The second-order valence-corrected chi connectivity index (χ2v) is 8.29. The second kappa shape index (κ2) is 9.05. The van der Waals surface area contributed by atoms with Gasteiger partial charge < -0.3 is 5.32 Å². The molecule has 0 saturated heterocycles. The van der Waals surface area contributed by atoms with Gasteiger partial charge in [-0.2, -0.15) is 0 Å². The number of rotatable bonds is 8. The molecule has 1 N–H and O–H groups in total. The molecule has 0 heterocycles. The average molecular weight is 395 g/mol. The third kappa shape index (κ3) is 5.47. The summed E-state index contributed by atoms with van der Waals surface area (Å²) in [7, 11) is -3.65. The van der Waals surface area contributed by atoms with Gasteiger partial charge in [0.2, 0.25) is 15.9 Å². The highest BCUT2D eigenvalue weighted by Gasteiger charge is 2.31. The predicted octanol–water partition coefficient (Wildman–Crippen LogP) is 3.24. The van der Waals surface area contributed by atoms with Crippen LogP contribution in [0.3, 0.4) is 0 Å². The van der Waals surface area contributed by atoms with Crippen LogP contribution in [-0.4, -0.2) is 33.2 Å². The Hall–Kier alpha value is -2.05.